The molecule has 122 valence electrons. The van der Waals surface area contributed by atoms with Crippen LogP contribution < -0.4 is 5.32 Å². The second-order valence-corrected chi connectivity index (χ2v) is 8.09. The molecule has 3 rings (SSSR count). The van der Waals surface area contributed by atoms with Crippen LogP contribution in [0.1, 0.15) is 53.5 Å². The van der Waals surface area contributed by atoms with Gasteiger partial charge in [-0.25, -0.2) is 4.68 Å². The summed E-state index contributed by atoms with van der Waals surface area (Å²) < 4.78 is 1.95. The van der Waals surface area contributed by atoms with Crippen molar-refractivity contribution in [3.8, 4) is 0 Å². The fourth-order valence-corrected chi connectivity index (χ4v) is 3.72. The van der Waals surface area contributed by atoms with E-state index in [1.54, 1.807) is 0 Å². The molecule has 0 radical (unpaired) electrons. The van der Waals surface area contributed by atoms with E-state index in [-0.39, 0.29) is 11.4 Å². The third-order valence-electron chi connectivity index (χ3n) is 4.19. The number of thioether (sulfide) groups is 1. The number of benzene rings is 1. The first-order valence-corrected chi connectivity index (χ1v) is 9.00. The standard InChI is InChI=1S/C18H23N3OS/c1-11-6-7-13(8-12(11)2)17(22)19-16-14-9-23-10-15(14)20-21(16)18(3,4)5/h6-8H,9-10H2,1-5H3,(H,19,22). The van der Waals surface area contributed by atoms with E-state index in [0.717, 1.165) is 28.6 Å². The van der Waals surface area contributed by atoms with Crippen LogP contribution in [0.3, 0.4) is 0 Å². The molecule has 1 amide bonds. The summed E-state index contributed by atoms with van der Waals surface area (Å²) in [5, 5.41) is 7.83. The second-order valence-electron chi connectivity index (χ2n) is 7.10. The van der Waals surface area contributed by atoms with Gasteiger partial charge in [0.1, 0.15) is 5.82 Å². The van der Waals surface area contributed by atoms with E-state index >= 15 is 0 Å². The van der Waals surface area contributed by atoms with E-state index in [0.29, 0.717) is 5.56 Å². The average Bonchev–Trinajstić information content (AvgIpc) is 3.03. The maximum absolute atomic E-state index is 12.7. The van der Waals surface area contributed by atoms with Gasteiger partial charge in [-0.05, 0) is 57.9 Å². The van der Waals surface area contributed by atoms with Crippen molar-refractivity contribution in [3.05, 3.63) is 46.1 Å². The number of anilines is 1. The first-order chi connectivity index (χ1) is 10.8. The number of carbonyl (C=O) groups excluding carboxylic acids is 1. The quantitative estimate of drug-likeness (QED) is 0.896. The Morgan fingerprint density at radius 2 is 1.96 bits per heavy atom. The lowest BCUT2D eigenvalue weighted by molar-refractivity contribution is 0.102. The van der Waals surface area contributed by atoms with E-state index in [1.807, 2.05) is 41.6 Å². The second kappa shape index (κ2) is 5.71. The number of carbonyl (C=O) groups is 1. The molecule has 0 fully saturated rings. The lowest BCUT2D eigenvalue weighted by atomic mass is 10.1. The van der Waals surface area contributed by atoms with Crippen LogP contribution in [0.4, 0.5) is 5.82 Å². The van der Waals surface area contributed by atoms with Crippen LogP contribution in [-0.2, 0) is 17.0 Å². The van der Waals surface area contributed by atoms with Gasteiger partial charge in [-0.1, -0.05) is 6.07 Å². The number of aromatic nitrogens is 2. The summed E-state index contributed by atoms with van der Waals surface area (Å²) >= 11 is 1.84. The van der Waals surface area contributed by atoms with Crippen molar-refractivity contribution < 1.29 is 4.79 Å². The molecule has 0 bridgehead atoms. The summed E-state index contributed by atoms with van der Waals surface area (Å²) in [4.78, 5) is 12.7. The van der Waals surface area contributed by atoms with E-state index in [1.165, 1.54) is 11.1 Å². The molecule has 2 aromatic rings. The molecule has 0 saturated heterocycles. The highest BCUT2D eigenvalue weighted by atomic mass is 32.2. The fraction of sp³-hybridized carbons (Fsp3) is 0.444. The molecule has 0 unspecified atom stereocenters. The summed E-state index contributed by atoms with van der Waals surface area (Å²) in [5.41, 5.74) is 5.11. The van der Waals surface area contributed by atoms with Gasteiger partial charge >= 0.3 is 0 Å². The number of fused-ring (bicyclic) bond motifs is 1. The smallest absolute Gasteiger partial charge is 0.256 e. The van der Waals surface area contributed by atoms with Crippen molar-refractivity contribution in [2.75, 3.05) is 5.32 Å². The van der Waals surface area contributed by atoms with Crippen LogP contribution in [0.15, 0.2) is 18.2 Å². The molecule has 0 atom stereocenters. The van der Waals surface area contributed by atoms with E-state index < -0.39 is 0 Å². The highest BCUT2D eigenvalue weighted by molar-refractivity contribution is 7.98. The molecule has 1 aliphatic rings. The minimum atomic E-state index is -0.166. The monoisotopic (exact) mass is 329 g/mol. The van der Waals surface area contributed by atoms with Crippen LogP contribution in [0, 0.1) is 13.8 Å². The van der Waals surface area contributed by atoms with Crippen LogP contribution in [-0.4, -0.2) is 15.7 Å². The summed E-state index contributed by atoms with van der Waals surface area (Å²) in [6, 6.07) is 5.81. The third-order valence-corrected chi connectivity index (χ3v) is 5.16. The predicted molar refractivity (Wildman–Crippen MR) is 96.1 cm³/mol. The lowest BCUT2D eigenvalue weighted by Crippen LogP contribution is -2.27. The van der Waals surface area contributed by atoms with Crippen molar-refractivity contribution in [3.63, 3.8) is 0 Å². The summed E-state index contributed by atoms with van der Waals surface area (Å²) in [6.07, 6.45) is 0. The predicted octanol–water partition coefficient (Wildman–Crippen LogP) is 4.25. The van der Waals surface area contributed by atoms with Crippen LogP contribution in [0.25, 0.3) is 0 Å². The molecular formula is C18H23N3OS. The van der Waals surface area contributed by atoms with Gasteiger partial charge in [0.2, 0.25) is 0 Å². The largest absolute Gasteiger partial charge is 0.306 e. The van der Waals surface area contributed by atoms with Crippen molar-refractivity contribution >= 4 is 23.5 Å². The van der Waals surface area contributed by atoms with Gasteiger partial charge in [0.25, 0.3) is 5.91 Å². The van der Waals surface area contributed by atoms with Crippen molar-refractivity contribution in [1.82, 2.24) is 9.78 Å². The number of aryl methyl sites for hydroxylation is 2. The summed E-state index contributed by atoms with van der Waals surface area (Å²) in [5.74, 6) is 2.61. The molecule has 1 N–H and O–H groups in total. The Balaban J connectivity index is 1.96. The maximum Gasteiger partial charge on any atom is 0.256 e. The van der Waals surface area contributed by atoms with Crippen molar-refractivity contribution in [2.24, 2.45) is 0 Å². The van der Waals surface area contributed by atoms with Crippen LogP contribution >= 0.6 is 11.8 Å². The molecule has 1 aliphatic heterocycles. The van der Waals surface area contributed by atoms with E-state index in [2.05, 4.69) is 33.0 Å². The van der Waals surface area contributed by atoms with E-state index in [9.17, 15) is 4.79 Å². The number of hydrogen-bond donors (Lipinski definition) is 1. The topological polar surface area (TPSA) is 46.9 Å². The molecular weight excluding hydrogens is 306 g/mol. The van der Waals surface area contributed by atoms with Gasteiger partial charge in [0.05, 0.1) is 11.2 Å². The third kappa shape index (κ3) is 3.02. The minimum absolute atomic E-state index is 0.0711. The van der Waals surface area contributed by atoms with Crippen LogP contribution in [0.5, 0.6) is 0 Å². The maximum atomic E-state index is 12.7. The van der Waals surface area contributed by atoms with Gasteiger partial charge < -0.3 is 5.32 Å². The minimum Gasteiger partial charge on any atom is -0.306 e. The van der Waals surface area contributed by atoms with Gasteiger partial charge in [-0.2, -0.15) is 16.9 Å². The normalized spacial score (nSPS) is 14.0. The van der Waals surface area contributed by atoms with E-state index in [4.69, 9.17) is 5.10 Å². The molecule has 2 heterocycles. The molecule has 1 aromatic carbocycles. The van der Waals surface area contributed by atoms with Gasteiger partial charge in [0.15, 0.2) is 0 Å². The zero-order valence-electron chi connectivity index (χ0n) is 14.4. The fourth-order valence-electron chi connectivity index (χ4n) is 2.69. The molecule has 0 saturated carbocycles. The zero-order valence-corrected chi connectivity index (χ0v) is 15.2. The SMILES string of the molecule is Cc1ccc(C(=O)Nc2c3c(nn2C(C)(C)C)CSC3)cc1C. The average molecular weight is 329 g/mol. The Bertz CT molecular complexity index is 771. The van der Waals surface area contributed by atoms with Crippen LogP contribution in [0.2, 0.25) is 0 Å². The molecule has 23 heavy (non-hydrogen) atoms. The summed E-state index contributed by atoms with van der Waals surface area (Å²) in [6.45, 7) is 10.4. The lowest BCUT2D eigenvalue weighted by Gasteiger charge is -2.23. The van der Waals surface area contributed by atoms with Gasteiger partial charge in [-0.15, -0.1) is 0 Å². The molecule has 0 aliphatic carbocycles. The van der Waals surface area contributed by atoms with Gasteiger partial charge in [0, 0.05) is 22.6 Å². The highest BCUT2D eigenvalue weighted by Gasteiger charge is 2.28. The summed E-state index contributed by atoms with van der Waals surface area (Å²) in [7, 11) is 0. The Hall–Kier alpha value is -1.75. The number of nitrogens with one attached hydrogen (secondary N) is 1. The Labute approximate surface area is 141 Å². The first kappa shape index (κ1) is 16.1. The Kier molecular flexibility index (Phi) is 4.00. The molecule has 1 aromatic heterocycles. The first-order valence-electron chi connectivity index (χ1n) is 7.85. The number of hydrogen-bond acceptors (Lipinski definition) is 3. The van der Waals surface area contributed by atoms with Crippen molar-refractivity contribution in [1.29, 1.82) is 0 Å². The number of rotatable bonds is 2. The molecule has 5 heteroatoms. The zero-order chi connectivity index (χ0) is 16.8. The Morgan fingerprint density at radius 1 is 1.22 bits per heavy atom. The molecule has 4 nitrogen and oxygen atoms in total. The highest BCUT2D eigenvalue weighted by Crippen LogP contribution is 2.37. The number of nitrogens with zero attached hydrogens (tertiary/aromatic N) is 2. The number of amides is 1. The Morgan fingerprint density at radius 3 is 2.61 bits per heavy atom. The van der Waals surface area contributed by atoms with Crippen molar-refractivity contribution in [2.45, 2.75) is 51.7 Å². The van der Waals surface area contributed by atoms with Gasteiger partial charge in [-0.3, -0.25) is 4.79 Å². The molecule has 0 spiro atoms.